The van der Waals surface area contributed by atoms with Crippen LogP contribution in [0.1, 0.15) is 12.0 Å². The average molecular weight is 374 g/mol. The van der Waals surface area contributed by atoms with Gasteiger partial charge in [0.15, 0.2) is 17.3 Å². The van der Waals surface area contributed by atoms with Gasteiger partial charge in [-0.05, 0) is 40.2 Å². The molecule has 1 aliphatic heterocycles. The first kappa shape index (κ1) is 14.3. The lowest BCUT2D eigenvalue weighted by molar-refractivity contribution is 0.435. The summed E-state index contributed by atoms with van der Waals surface area (Å²) in [7, 11) is 0. The molecule has 0 bridgehead atoms. The van der Waals surface area contributed by atoms with Crippen LogP contribution in [-0.4, -0.2) is 5.71 Å². The second-order valence-corrected chi connectivity index (χ2v) is 6.07. The zero-order valence-corrected chi connectivity index (χ0v) is 13.4. The van der Waals surface area contributed by atoms with Crippen molar-refractivity contribution in [2.75, 3.05) is 0 Å². The first-order valence-corrected chi connectivity index (χ1v) is 7.83. The van der Waals surface area contributed by atoms with Crippen LogP contribution in [0.5, 0.6) is 11.5 Å². The molecule has 0 atom stereocenters. The van der Waals surface area contributed by atoms with Gasteiger partial charge in [0.1, 0.15) is 5.82 Å². The molecule has 1 heterocycles. The van der Waals surface area contributed by atoms with Crippen LogP contribution in [-0.2, 0) is 0 Å². The molecular weight excluding hydrogens is 364 g/mol. The Morgan fingerprint density at radius 2 is 2.00 bits per heavy atom. The first-order valence-electron chi connectivity index (χ1n) is 7.04. The van der Waals surface area contributed by atoms with Crippen LogP contribution < -0.4 is 4.74 Å². The Morgan fingerprint density at radius 3 is 2.83 bits per heavy atom. The van der Waals surface area contributed by atoms with Crippen LogP contribution in [0, 0.1) is 11.6 Å². The van der Waals surface area contributed by atoms with E-state index < -0.39 is 11.6 Å². The highest BCUT2D eigenvalue weighted by Crippen LogP contribution is 2.47. The van der Waals surface area contributed by atoms with Crippen molar-refractivity contribution >= 4 is 32.9 Å². The molecule has 2 aliphatic rings. The lowest BCUT2D eigenvalue weighted by Crippen LogP contribution is -2.00. The minimum absolute atomic E-state index is 0.0269. The van der Waals surface area contributed by atoms with Gasteiger partial charge in [0.05, 0.1) is 21.4 Å². The van der Waals surface area contributed by atoms with Gasteiger partial charge in [-0.2, -0.15) is 0 Å². The molecule has 0 fully saturated rings. The SMILES string of the molecule is Fc1ccc(Oc2c(Br)ccc3c2C2=CC=CCC2=N3)c(F)c1. The monoisotopic (exact) mass is 373 g/mol. The molecule has 23 heavy (non-hydrogen) atoms. The standard InChI is InChI=1S/C18H10BrF2NO/c19-12-6-7-15-17(11-3-1-2-4-14(11)22-15)18(12)23-16-8-5-10(20)9-13(16)21/h1-3,5-9H,4H2. The molecule has 5 heteroatoms. The van der Waals surface area contributed by atoms with Crippen molar-refractivity contribution in [3.63, 3.8) is 0 Å². The molecule has 114 valence electrons. The van der Waals surface area contributed by atoms with E-state index in [0.29, 0.717) is 10.2 Å². The predicted molar refractivity (Wildman–Crippen MR) is 89.4 cm³/mol. The third-order valence-corrected chi connectivity index (χ3v) is 4.36. The second-order valence-electron chi connectivity index (χ2n) is 5.22. The molecule has 2 nitrogen and oxygen atoms in total. The summed E-state index contributed by atoms with van der Waals surface area (Å²) in [5.74, 6) is -0.932. The summed E-state index contributed by atoms with van der Waals surface area (Å²) in [5.41, 5.74) is 3.55. The maximum atomic E-state index is 13.9. The highest BCUT2D eigenvalue weighted by Gasteiger charge is 2.27. The van der Waals surface area contributed by atoms with Crippen LogP contribution in [0.25, 0.3) is 5.57 Å². The number of hydrogen-bond donors (Lipinski definition) is 0. The largest absolute Gasteiger partial charge is 0.452 e. The molecule has 0 saturated carbocycles. The summed E-state index contributed by atoms with van der Waals surface area (Å²) < 4.78 is 33.4. The third-order valence-electron chi connectivity index (χ3n) is 3.74. The van der Waals surface area contributed by atoms with Crippen molar-refractivity contribution in [2.24, 2.45) is 4.99 Å². The van der Waals surface area contributed by atoms with Crippen LogP contribution in [0.3, 0.4) is 0 Å². The molecule has 0 radical (unpaired) electrons. The molecule has 4 rings (SSSR count). The Bertz CT molecular complexity index is 915. The number of halogens is 3. The minimum Gasteiger partial charge on any atom is -0.452 e. The van der Waals surface area contributed by atoms with Gasteiger partial charge in [0.25, 0.3) is 0 Å². The molecule has 0 unspecified atom stereocenters. The lowest BCUT2D eigenvalue weighted by atomic mass is 9.96. The Morgan fingerprint density at radius 1 is 1.13 bits per heavy atom. The van der Waals surface area contributed by atoms with Gasteiger partial charge in [-0.25, -0.2) is 8.78 Å². The number of fused-ring (bicyclic) bond motifs is 3. The van der Waals surface area contributed by atoms with E-state index in [4.69, 9.17) is 4.74 Å². The van der Waals surface area contributed by atoms with Crippen LogP contribution in [0.4, 0.5) is 14.5 Å². The van der Waals surface area contributed by atoms with E-state index in [-0.39, 0.29) is 5.75 Å². The van der Waals surface area contributed by atoms with Gasteiger partial charge in [-0.1, -0.05) is 18.2 Å². The van der Waals surface area contributed by atoms with Crippen LogP contribution >= 0.6 is 15.9 Å². The van der Waals surface area contributed by atoms with Gasteiger partial charge < -0.3 is 4.74 Å². The van der Waals surface area contributed by atoms with Crippen molar-refractivity contribution in [1.82, 2.24) is 0 Å². The van der Waals surface area contributed by atoms with E-state index in [0.717, 1.165) is 35.0 Å². The van der Waals surface area contributed by atoms with Gasteiger partial charge in [0.2, 0.25) is 0 Å². The Labute approximate surface area is 139 Å². The molecule has 2 aromatic carbocycles. The highest BCUT2D eigenvalue weighted by molar-refractivity contribution is 9.10. The molecule has 0 saturated heterocycles. The third kappa shape index (κ3) is 2.41. The van der Waals surface area contributed by atoms with Crippen molar-refractivity contribution in [3.05, 3.63) is 70.2 Å². The molecule has 2 aromatic rings. The van der Waals surface area contributed by atoms with Crippen molar-refractivity contribution < 1.29 is 13.5 Å². The molecule has 0 spiro atoms. The van der Waals surface area contributed by atoms with E-state index in [1.165, 1.54) is 12.1 Å². The Kier molecular flexibility index (Phi) is 3.38. The summed E-state index contributed by atoms with van der Waals surface area (Å²) in [4.78, 5) is 4.60. The van der Waals surface area contributed by atoms with Crippen LogP contribution in [0.2, 0.25) is 0 Å². The van der Waals surface area contributed by atoms with E-state index >= 15 is 0 Å². The number of rotatable bonds is 2. The number of benzene rings is 2. The van der Waals surface area contributed by atoms with Gasteiger partial charge in [0, 0.05) is 18.1 Å². The smallest absolute Gasteiger partial charge is 0.168 e. The van der Waals surface area contributed by atoms with Crippen LogP contribution in [0.15, 0.2) is 58.0 Å². The summed E-state index contributed by atoms with van der Waals surface area (Å²) in [6.45, 7) is 0. The summed E-state index contributed by atoms with van der Waals surface area (Å²) in [5, 5.41) is 0. The van der Waals surface area contributed by atoms with Gasteiger partial charge >= 0.3 is 0 Å². The lowest BCUT2D eigenvalue weighted by Gasteiger charge is -2.14. The summed E-state index contributed by atoms with van der Waals surface area (Å²) in [6.07, 6.45) is 6.72. The zero-order chi connectivity index (χ0) is 16.0. The van der Waals surface area contributed by atoms with Crippen molar-refractivity contribution in [3.8, 4) is 11.5 Å². The summed E-state index contributed by atoms with van der Waals surface area (Å²) >= 11 is 3.45. The fraction of sp³-hybridized carbons (Fsp3) is 0.0556. The number of allylic oxidation sites excluding steroid dienone is 4. The minimum atomic E-state index is -0.744. The Hall–Kier alpha value is -2.27. The van der Waals surface area contributed by atoms with E-state index in [1.807, 2.05) is 30.4 Å². The molecule has 1 aliphatic carbocycles. The number of ether oxygens (including phenoxy) is 1. The number of nitrogens with zero attached hydrogens (tertiary/aromatic N) is 1. The molecular formula is C18H10BrF2NO. The topological polar surface area (TPSA) is 21.6 Å². The van der Waals surface area contributed by atoms with E-state index in [1.54, 1.807) is 0 Å². The molecule has 0 N–H and O–H groups in total. The fourth-order valence-electron chi connectivity index (χ4n) is 2.70. The first-order chi connectivity index (χ1) is 11.1. The van der Waals surface area contributed by atoms with Gasteiger partial charge in [-0.15, -0.1) is 0 Å². The maximum absolute atomic E-state index is 13.9. The van der Waals surface area contributed by atoms with E-state index in [2.05, 4.69) is 20.9 Å². The van der Waals surface area contributed by atoms with Gasteiger partial charge in [-0.3, -0.25) is 4.99 Å². The van der Waals surface area contributed by atoms with Crippen molar-refractivity contribution in [2.45, 2.75) is 6.42 Å². The van der Waals surface area contributed by atoms with Crippen molar-refractivity contribution in [1.29, 1.82) is 0 Å². The normalized spacial score (nSPS) is 14.9. The summed E-state index contributed by atoms with van der Waals surface area (Å²) in [6, 6.07) is 6.95. The second kappa shape index (κ2) is 5.42. The highest BCUT2D eigenvalue weighted by atomic mass is 79.9. The quantitative estimate of drug-likeness (QED) is 0.637. The average Bonchev–Trinajstić information content (AvgIpc) is 2.91. The zero-order valence-electron chi connectivity index (χ0n) is 11.8. The number of aliphatic imine (C=N–C) groups is 1. The van der Waals surface area contributed by atoms with E-state index in [9.17, 15) is 8.78 Å². The number of hydrogen-bond acceptors (Lipinski definition) is 2. The maximum Gasteiger partial charge on any atom is 0.168 e. The predicted octanol–water partition coefficient (Wildman–Crippen LogP) is 5.95. The Balaban J connectivity index is 1.84. The fourth-order valence-corrected chi connectivity index (χ4v) is 3.11. The molecule has 0 aromatic heterocycles. The molecule has 0 amide bonds.